The summed E-state index contributed by atoms with van der Waals surface area (Å²) in [4.78, 5) is 17.3. The van der Waals surface area contributed by atoms with Crippen molar-refractivity contribution in [3.8, 4) is 11.4 Å². The highest BCUT2D eigenvalue weighted by Gasteiger charge is 2.29. The van der Waals surface area contributed by atoms with Gasteiger partial charge in [-0.15, -0.1) is 0 Å². The molecule has 1 aromatic heterocycles. The zero-order valence-corrected chi connectivity index (χ0v) is 19.9. The van der Waals surface area contributed by atoms with Crippen LogP contribution in [0.1, 0.15) is 10.4 Å². The van der Waals surface area contributed by atoms with Gasteiger partial charge in [-0.2, -0.15) is 4.31 Å². The fraction of sp³-hybridized carbons (Fsp3) is 0.200. The Labute approximate surface area is 203 Å². The van der Waals surface area contributed by atoms with E-state index in [0.29, 0.717) is 24.5 Å². The maximum Gasteiger partial charge on any atom is 0.255 e. The lowest BCUT2D eigenvalue weighted by Gasteiger charge is -2.26. The van der Waals surface area contributed by atoms with E-state index in [4.69, 9.17) is 9.47 Å². The van der Waals surface area contributed by atoms with Crippen LogP contribution in [0.2, 0.25) is 0 Å². The van der Waals surface area contributed by atoms with Gasteiger partial charge in [-0.05, 0) is 54.6 Å². The SMILES string of the molecule is COc1ccc(NC(=O)c2ccc(-n3cnc4ccccc43)cc2)cc1S(=O)(=O)N1CCOCC1. The van der Waals surface area contributed by atoms with E-state index in [2.05, 4.69) is 10.3 Å². The Morgan fingerprint density at radius 3 is 2.51 bits per heavy atom. The van der Waals surface area contributed by atoms with Gasteiger partial charge < -0.3 is 14.8 Å². The van der Waals surface area contributed by atoms with E-state index < -0.39 is 10.0 Å². The minimum absolute atomic E-state index is 0.00188. The molecule has 9 nitrogen and oxygen atoms in total. The number of carbonyl (C=O) groups excluding carboxylic acids is 1. The van der Waals surface area contributed by atoms with Gasteiger partial charge in [0.05, 0.1) is 31.4 Å². The summed E-state index contributed by atoms with van der Waals surface area (Å²) in [7, 11) is -2.39. The standard InChI is InChI=1S/C25H24N4O5S/c1-33-23-11-8-19(16-24(23)35(31,32)28-12-14-34-15-13-28)27-25(30)18-6-9-20(10-7-18)29-17-26-21-4-2-3-5-22(21)29/h2-11,16-17H,12-15H2,1H3,(H,27,30). The summed E-state index contributed by atoms with van der Waals surface area (Å²) >= 11 is 0. The van der Waals surface area contributed by atoms with Crippen molar-refractivity contribution >= 4 is 32.7 Å². The third-order valence-electron chi connectivity index (χ3n) is 5.87. The zero-order valence-electron chi connectivity index (χ0n) is 19.0. The number of aromatic nitrogens is 2. The van der Waals surface area contributed by atoms with E-state index in [1.807, 2.05) is 41.0 Å². The topological polar surface area (TPSA) is 103 Å². The molecule has 180 valence electrons. The lowest BCUT2D eigenvalue weighted by molar-refractivity contribution is 0.0729. The summed E-state index contributed by atoms with van der Waals surface area (Å²) < 4.78 is 40.2. The van der Waals surface area contributed by atoms with Gasteiger partial charge >= 0.3 is 0 Å². The first-order valence-electron chi connectivity index (χ1n) is 11.1. The molecule has 5 rings (SSSR count). The van der Waals surface area contributed by atoms with Crippen LogP contribution in [0, 0.1) is 0 Å². The fourth-order valence-electron chi connectivity index (χ4n) is 4.02. The molecule has 2 heterocycles. The Morgan fingerprint density at radius 2 is 1.77 bits per heavy atom. The largest absolute Gasteiger partial charge is 0.495 e. The van der Waals surface area contributed by atoms with Crippen LogP contribution in [0.5, 0.6) is 5.75 Å². The van der Waals surface area contributed by atoms with E-state index >= 15 is 0 Å². The highest BCUT2D eigenvalue weighted by molar-refractivity contribution is 7.89. The third-order valence-corrected chi connectivity index (χ3v) is 7.79. The number of ether oxygens (including phenoxy) is 2. The smallest absolute Gasteiger partial charge is 0.255 e. The third kappa shape index (κ3) is 4.51. The molecule has 0 aliphatic carbocycles. The van der Waals surface area contributed by atoms with Crippen LogP contribution in [-0.2, 0) is 14.8 Å². The van der Waals surface area contributed by atoms with Crippen molar-refractivity contribution in [1.29, 1.82) is 0 Å². The van der Waals surface area contributed by atoms with Crippen LogP contribution < -0.4 is 10.1 Å². The van der Waals surface area contributed by atoms with Crippen molar-refractivity contribution in [2.75, 3.05) is 38.7 Å². The van der Waals surface area contributed by atoms with Gasteiger partial charge in [-0.25, -0.2) is 13.4 Å². The van der Waals surface area contributed by atoms with Crippen molar-refractivity contribution in [3.63, 3.8) is 0 Å². The van der Waals surface area contributed by atoms with Gasteiger partial charge in [0.1, 0.15) is 17.0 Å². The number of methoxy groups -OCH3 is 1. The number of para-hydroxylation sites is 2. The summed E-state index contributed by atoms with van der Waals surface area (Å²) in [5, 5.41) is 2.79. The van der Waals surface area contributed by atoms with Crippen LogP contribution in [0.15, 0.2) is 78.0 Å². The Kier molecular flexibility index (Phi) is 6.25. The summed E-state index contributed by atoms with van der Waals surface area (Å²) in [5.74, 6) is -0.140. The molecule has 0 unspecified atom stereocenters. The predicted molar refractivity (Wildman–Crippen MR) is 132 cm³/mol. The number of imidazole rings is 1. The zero-order chi connectivity index (χ0) is 24.4. The Hall–Kier alpha value is -3.73. The maximum absolute atomic E-state index is 13.2. The number of morpholine rings is 1. The first kappa shape index (κ1) is 23.0. The van der Waals surface area contributed by atoms with Gasteiger partial charge in [0.15, 0.2) is 0 Å². The number of hydrogen-bond donors (Lipinski definition) is 1. The second-order valence-corrected chi connectivity index (χ2v) is 9.89. The minimum Gasteiger partial charge on any atom is -0.495 e. The van der Waals surface area contributed by atoms with Gasteiger partial charge in [0.2, 0.25) is 10.0 Å². The summed E-state index contributed by atoms with van der Waals surface area (Å²) in [6.07, 6.45) is 1.74. The molecule has 0 atom stereocenters. The van der Waals surface area contributed by atoms with Gasteiger partial charge in [-0.1, -0.05) is 12.1 Å². The quantitative estimate of drug-likeness (QED) is 0.443. The van der Waals surface area contributed by atoms with E-state index in [1.54, 1.807) is 24.5 Å². The van der Waals surface area contributed by atoms with Crippen molar-refractivity contribution in [2.45, 2.75) is 4.90 Å². The molecule has 10 heteroatoms. The average molecular weight is 493 g/mol. The molecule has 35 heavy (non-hydrogen) atoms. The molecule has 1 fully saturated rings. The number of carbonyl (C=O) groups is 1. The van der Waals surface area contributed by atoms with Crippen LogP contribution in [0.4, 0.5) is 5.69 Å². The molecule has 1 aliphatic rings. The molecule has 1 N–H and O–H groups in total. The molecule has 1 saturated heterocycles. The Balaban J connectivity index is 1.37. The highest BCUT2D eigenvalue weighted by atomic mass is 32.2. The molecule has 0 saturated carbocycles. The van der Waals surface area contributed by atoms with Crippen molar-refractivity contribution < 1.29 is 22.7 Å². The second kappa shape index (κ2) is 9.49. The van der Waals surface area contributed by atoms with Crippen LogP contribution in [0.25, 0.3) is 16.7 Å². The van der Waals surface area contributed by atoms with E-state index in [9.17, 15) is 13.2 Å². The number of fused-ring (bicyclic) bond motifs is 1. The number of nitrogens with zero attached hydrogens (tertiary/aromatic N) is 3. The molecule has 0 bridgehead atoms. The molecule has 0 radical (unpaired) electrons. The Morgan fingerprint density at radius 1 is 1.03 bits per heavy atom. The van der Waals surface area contributed by atoms with Crippen LogP contribution >= 0.6 is 0 Å². The van der Waals surface area contributed by atoms with E-state index in [-0.39, 0.29) is 29.6 Å². The van der Waals surface area contributed by atoms with Crippen molar-refractivity contribution in [2.24, 2.45) is 0 Å². The van der Waals surface area contributed by atoms with E-state index in [1.165, 1.54) is 23.5 Å². The van der Waals surface area contributed by atoms with Gasteiger partial charge in [0, 0.05) is 30.0 Å². The highest BCUT2D eigenvalue weighted by Crippen LogP contribution is 2.30. The summed E-state index contributed by atoms with van der Waals surface area (Å²) in [6.45, 7) is 1.20. The normalized spacial score (nSPS) is 14.7. The summed E-state index contributed by atoms with van der Waals surface area (Å²) in [6, 6.07) is 19.5. The number of anilines is 1. The first-order chi connectivity index (χ1) is 17.0. The number of amides is 1. The number of hydrogen-bond acceptors (Lipinski definition) is 6. The van der Waals surface area contributed by atoms with Crippen LogP contribution in [-0.4, -0.2) is 61.6 Å². The fourth-order valence-corrected chi connectivity index (χ4v) is 5.61. The number of rotatable bonds is 6. The summed E-state index contributed by atoms with van der Waals surface area (Å²) in [5.41, 5.74) is 3.52. The molecular formula is C25H24N4O5S. The molecule has 3 aromatic carbocycles. The average Bonchev–Trinajstić information content (AvgIpc) is 3.33. The molecule has 0 spiro atoms. The van der Waals surface area contributed by atoms with E-state index in [0.717, 1.165) is 16.7 Å². The molecule has 4 aromatic rings. The van der Waals surface area contributed by atoms with Crippen LogP contribution in [0.3, 0.4) is 0 Å². The molecule has 1 amide bonds. The minimum atomic E-state index is -3.81. The van der Waals surface area contributed by atoms with Crippen molar-refractivity contribution in [3.05, 3.63) is 78.6 Å². The second-order valence-electron chi connectivity index (χ2n) is 7.99. The molecule has 1 aliphatic heterocycles. The first-order valence-corrected chi connectivity index (χ1v) is 12.5. The monoisotopic (exact) mass is 492 g/mol. The lowest BCUT2D eigenvalue weighted by Crippen LogP contribution is -2.40. The lowest BCUT2D eigenvalue weighted by atomic mass is 10.2. The number of sulfonamides is 1. The predicted octanol–water partition coefficient (Wildman–Crippen LogP) is 3.31. The number of nitrogens with one attached hydrogen (secondary N) is 1. The Bertz CT molecular complexity index is 1480. The van der Waals surface area contributed by atoms with Gasteiger partial charge in [-0.3, -0.25) is 9.36 Å². The maximum atomic E-state index is 13.2. The molecular weight excluding hydrogens is 468 g/mol. The van der Waals surface area contributed by atoms with Crippen molar-refractivity contribution in [1.82, 2.24) is 13.9 Å². The number of benzene rings is 3. The van der Waals surface area contributed by atoms with Gasteiger partial charge in [0.25, 0.3) is 5.91 Å².